The van der Waals surface area contributed by atoms with Crippen LogP contribution in [-0.2, 0) is 13.1 Å². The molecule has 1 aromatic carbocycles. The van der Waals surface area contributed by atoms with Gasteiger partial charge in [0.15, 0.2) is 17.4 Å². The van der Waals surface area contributed by atoms with Gasteiger partial charge in [0.25, 0.3) is 0 Å². The van der Waals surface area contributed by atoms with E-state index in [0.29, 0.717) is 19.0 Å². The van der Waals surface area contributed by atoms with Gasteiger partial charge >= 0.3 is 6.03 Å². The molecule has 31 heavy (non-hydrogen) atoms. The summed E-state index contributed by atoms with van der Waals surface area (Å²) < 4.78 is 1.94. The van der Waals surface area contributed by atoms with Gasteiger partial charge in [-0.25, -0.2) is 9.79 Å². The Kier molecular flexibility index (Phi) is 9.50. The molecule has 0 fully saturated rings. The first kappa shape index (κ1) is 24.4. The lowest BCUT2D eigenvalue weighted by atomic mass is 10.2. The van der Waals surface area contributed by atoms with Crippen molar-refractivity contribution in [3.63, 3.8) is 0 Å². The predicted molar refractivity (Wildman–Crippen MR) is 134 cm³/mol. The quantitative estimate of drug-likeness (QED) is 0.211. The van der Waals surface area contributed by atoms with Gasteiger partial charge in [-0.05, 0) is 50.6 Å². The summed E-state index contributed by atoms with van der Waals surface area (Å²) in [5.74, 6) is 1.51. The summed E-state index contributed by atoms with van der Waals surface area (Å²) in [4.78, 5) is 16.4. The van der Waals surface area contributed by atoms with E-state index in [9.17, 15) is 4.79 Å². The maximum absolute atomic E-state index is 11.8. The zero-order valence-electron chi connectivity index (χ0n) is 17.9. The third kappa shape index (κ3) is 7.39. The van der Waals surface area contributed by atoms with Gasteiger partial charge in [-0.2, -0.15) is 0 Å². The molecule has 0 saturated heterocycles. The zero-order valence-corrected chi connectivity index (χ0v) is 20.3. The van der Waals surface area contributed by atoms with Crippen molar-refractivity contribution in [1.82, 2.24) is 30.5 Å². The molecule has 4 N–H and O–H groups in total. The number of benzene rings is 1. The van der Waals surface area contributed by atoms with Crippen LogP contribution in [0.15, 0.2) is 53.7 Å². The number of carbonyl (C=O) groups excluding carboxylic acids is 1. The molecule has 3 aromatic rings. The van der Waals surface area contributed by atoms with Gasteiger partial charge in [-0.3, -0.25) is 4.40 Å². The van der Waals surface area contributed by atoms with E-state index in [0.717, 1.165) is 29.3 Å². The summed E-state index contributed by atoms with van der Waals surface area (Å²) >= 11 is 0. The maximum Gasteiger partial charge on any atom is 0.319 e. The van der Waals surface area contributed by atoms with Gasteiger partial charge in [0.05, 0.1) is 13.1 Å². The topological polar surface area (TPSA) is 108 Å². The summed E-state index contributed by atoms with van der Waals surface area (Å²) in [5.41, 5.74) is 2.59. The lowest BCUT2D eigenvalue weighted by Gasteiger charge is -2.11. The summed E-state index contributed by atoms with van der Waals surface area (Å²) in [7, 11) is 0. The van der Waals surface area contributed by atoms with Crippen LogP contribution in [0.5, 0.6) is 0 Å². The molecule has 0 aliphatic heterocycles. The van der Waals surface area contributed by atoms with Gasteiger partial charge in [-0.15, -0.1) is 34.2 Å². The third-order valence-electron chi connectivity index (χ3n) is 4.19. The first-order valence-corrected chi connectivity index (χ1v) is 10.0. The van der Waals surface area contributed by atoms with Crippen molar-refractivity contribution in [1.29, 1.82) is 0 Å². The second-order valence-corrected chi connectivity index (χ2v) is 7.04. The number of rotatable bonds is 7. The summed E-state index contributed by atoms with van der Waals surface area (Å²) in [6, 6.07) is 13.3. The Labute approximate surface area is 199 Å². The molecular formula is C21H29IN8O. The summed E-state index contributed by atoms with van der Waals surface area (Å²) in [6.45, 7) is 7.62. The van der Waals surface area contributed by atoms with Crippen LogP contribution in [0, 0.1) is 0 Å². The van der Waals surface area contributed by atoms with Crippen LogP contribution >= 0.6 is 24.0 Å². The van der Waals surface area contributed by atoms with Crippen LogP contribution in [0.25, 0.3) is 5.65 Å². The number of aromatic nitrogens is 3. The lowest BCUT2D eigenvalue weighted by Crippen LogP contribution is -2.37. The van der Waals surface area contributed by atoms with Crippen molar-refractivity contribution in [2.45, 2.75) is 39.9 Å². The average molecular weight is 536 g/mol. The largest absolute Gasteiger partial charge is 0.357 e. The lowest BCUT2D eigenvalue weighted by molar-refractivity contribution is 0.250. The van der Waals surface area contributed by atoms with E-state index < -0.39 is 0 Å². The number of nitrogens with zero attached hydrogens (tertiary/aromatic N) is 4. The highest BCUT2D eigenvalue weighted by molar-refractivity contribution is 14.0. The molecule has 2 heterocycles. The van der Waals surface area contributed by atoms with Gasteiger partial charge in [0.1, 0.15) is 0 Å². The maximum atomic E-state index is 11.8. The zero-order chi connectivity index (χ0) is 21.3. The second-order valence-electron chi connectivity index (χ2n) is 7.04. The highest BCUT2D eigenvalue weighted by atomic mass is 127. The summed E-state index contributed by atoms with van der Waals surface area (Å²) in [6.07, 6.45) is 1.94. The molecule has 0 unspecified atom stereocenters. The molecule has 2 amide bonds. The van der Waals surface area contributed by atoms with E-state index in [-0.39, 0.29) is 36.0 Å². The number of urea groups is 1. The fraction of sp³-hybridized carbons (Fsp3) is 0.333. The van der Waals surface area contributed by atoms with Crippen molar-refractivity contribution in [2.24, 2.45) is 4.99 Å². The molecule has 9 nitrogen and oxygen atoms in total. The molecule has 0 spiro atoms. The number of guanidine groups is 1. The molecule has 3 rings (SSSR count). The Bertz CT molecular complexity index is 1000. The number of fused-ring (bicyclic) bond motifs is 1. The molecule has 0 aliphatic rings. The van der Waals surface area contributed by atoms with E-state index in [1.54, 1.807) is 0 Å². The predicted octanol–water partition coefficient (Wildman–Crippen LogP) is 3.13. The van der Waals surface area contributed by atoms with Crippen LogP contribution in [0.3, 0.4) is 0 Å². The number of halogens is 1. The van der Waals surface area contributed by atoms with E-state index >= 15 is 0 Å². The Balaban J connectivity index is 0.00000341. The van der Waals surface area contributed by atoms with Crippen LogP contribution in [0.1, 0.15) is 32.2 Å². The molecule has 2 aromatic heterocycles. The third-order valence-corrected chi connectivity index (χ3v) is 4.19. The van der Waals surface area contributed by atoms with Crippen molar-refractivity contribution < 1.29 is 4.79 Å². The van der Waals surface area contributed by atoms with Gasteiger partial charge < -0.3 is 21.3 Å². The number of aliphatic imine (C=N–C) groups is 1. The SMILES string of the molecule is CCNC(=NCc1ccc(NC(=O)NC(C)C)cc1)NCc1nnc2ccccn12.I. The highest BCUT2D eigenvalue weighted by Gasteiger charge is 2.06. The smallest absolute Gasteiger partial charge is 0.319 e. The number of nitrogens with one attached hydrogen (secondary N) is 4. The fourth-order valence-electron chi connectivity index (χ4n) is 2.81. The minimum absolute atomic E-state index is 0. The highest BCUT2D eigenvalue weighted by Crippen LogP contribution is 2.10. The van der Waals surface area contributed by atoms with Crippen molar-refractivity contribution in [3.8, 4) is 0 Å². The minimum Gasteiger partial charge on any atom is -0.357 e. The van der Waals surface area contributed by atoms with E-state index in [1.165, 1.54) is 0 Å². The number of carbonyl (C=O) groups is 1. The van der Waals surface area contributed by atoms with Crippen molar-refractivity contribution in [2.75, 3.05) is 11.9 Å². The number of hydrogen-bond donors (Lipinski definition) is 4. The fourth-order valence-corrected chi connectivity index (χ4v) is 2.81. The van der Waals surface area contributed by atoms with Gasteiger partial charge in [0.2, 0.25) is 0 Å². The average Bonchev–Trinajstić information content (AvgIpc) is 3.14. The van der Waals surface area contributed by atoms with E-state index in [1.807, 2.05) is 73.8 Å². The molecule has 0 atom stereocenters. The second kappa shape index (κ2) is 12.1. The van der Waals surface area contributed by atoms with Crippen LogP contribution < -0.4 is 21.3 Å². The number of amides is 2. The summed E-state index contributed by atoms with van der Waals surface area (Å²) in [5, 5.41) is 20.5. The molecular weight excluding hydrogens is 507 g/mol. The first-order valence-electron chi connectivity index (χ1n) is 10.0. The molecule has 0 radical (unpaired) electrons. The van der Waals surface area contributed by atoms with Gasteiger partial charge in [-0.1, -0.05) is 18.2 Å². The number of anilines is 1. The number of pyridine rings is 1. The van der Waals surface area contributed by atoms with E-state index in [2.05, 4.69) is 36.5 Å². The van der Waals surface area contributed by atoms with Gasteiger partial charge in [0, 0.05) is 24.5 Å². The van der Waals surface area contributed by atoms with Crippen LogP contribution in [0.4, 0.5) is 10.5 Å². The Morgan fingerprint density at radius 3 is 2.58 bits per heavy atom. The van der Waals surface area contributed by atoms with Crippen molar-refractivity contribution >= 4 is 47.3 Å². The Morgan fingerprint density at radius 1 is 1.10 bits per heavy atom. The Morgan fingerprint density at radius 2 is 1.87 bits per heavy atom. The minimum atomic E-state index is -0.213. The monoisotopic (exact) mass is 536 g/mol. The van der Waals surface area contributed by atoms with Crippen molar-refractivity contribution in [3.05, 3.63) is 60.0 Å². The van der Waals surface area contributed by atoms with Crippen LogP contribution in [-0.4, -0.2) is 39.2 Å². The number of hydrogen-bond acceptors (Lipinski definition) is 4. The molecule has 166 valence electrons. The van der Waals surface area contributed by atoms with E-state index in [4.69, 9.17) is 0 Å². The molecule has 0 bridgehead atoms. The molecule has 0 aliphatic carbocycles. The molecule has 0 saturated carbocycles. The van der Waals surface area contributed by atoms with Crippen LogP contribution in [0.2, 0.25) is 0 Å². The Hall–Kier alpha value is -2.89. The first-order chi connectivity index (χ1) is 14.5. The standard InChI is InChI=1S/C21H28N8O.HI/c1-4-22-20(24-14-19-28-27-18-7-5-6-12-29(18)19)23-13-16-8-10-17(11-9-16)26-21(30)25-15(2)3;/h5-12,15H,4,13-14H2,1-3H3,(H2,22,23,24)(H2,25,26,30);1H. The normalized spacial score (nSPS) is 11.2. The molecule has 10 heteroatoms.